The van der Waals surface area contributed by atoms with Crippen molar-refractivity contribution in [1.82, 2.24) is 10.6 Å². The number of nitrogens with one attached hydrogen (secondary N) is 2. The summed E-state index contributed by atoms with van der Waals surface area (Å²) in [5, 5.41) is 6.02. The maximum Gasteiger partial charge on any atom is 0.192 e. The molecule has 90 valence electrons. The number of benzene rings is 1. The molecule has 0 aliphatic carbocycles. The molecule has 0 aromatic heterocycles. The van der Waals surface area contributed by atoms with Crippen LogP contribution in [0.1, 0.15) is 12.5 Å². The van der Waals surface area contributed by atoms with Gasteiger partial charge in [0.1, 0.15) is 5.82 Å². The van der Waals surface area contributed by atoms with Gasteiger partial charge in [-0.2, -0.15) is 0 Å². The highest BCUT2D eigenvalue weighted by atomic mass is 19.1. The smallest absolute Gasteiger partial charge is 0.192 e. The average Bonchev–Trinajstić information content (AvgIpc) is 2.33. The van der Waals surface area contributed by atoms with Crippen LogP contribution in [0.3, 0.4) is 0 Å². The standard InChI is InChI=1S/C13H16FN3/c1-3-8-16-13(15-4-2)17-10-11-6-5-7-12(14)9-11/h1,5-7,9H,4,8,10H2,2H3,(H2,15,16,17). The van der Waals surface area contributed by atoms with Gasteiger partial charge in [-0.3, -0.25) is 0 Å². The molecule has 1 aromatic carbocycles. The maximum atomic E-state index is 12.9. The first-order valence-electron chi connectivity index (χ1n) is 5.46. The van der Waals surface area contributed by atoms with E-state index in [9.17, 15) is 4.39 Å². The van der Waals surface area contributed by atoms with Crippen molar-refractivity contribution in [2.45, 2.75) is 13.5 Å². The largest absolute Gasteiger partial charge is 0.357 e. The Kier molecular flexibility index (Phi) is 5.59. The fourth-order valence-corrected chi connectivity index (χ4v) is 1.28. The van der Waals surface area contributed by atoms with Crippen molar-refractivity contribution in [2.75, 3.05) is 13.1 Å². The van der Waals surface area contributed by atoms with E-state index >= 15 is 0 Å². The molecule has 0 aliphatic heterocycles. The highest BCUT2D eigenvalue weighted by molar-refractivity contribution is 5.79. The zero-order chi connectivity index (χ0) is 12.5. The molecule has 0 amide bonds. The Morgan fingerprint density at radius 1 is 1.47 bits per heavy atom. The first kappa shape index (κ1) is 13.0. The molecule has 0 bridgehead atoms. The lowest BCUT2D eigenvalue weighted by atomic mass is 10.2. The van der Waals surface area contributed by atoms with E-state index in [1.807, 2.05) is 13.0 Å². The second kappa shape index (κ2) is 7.29. The monoisotopic (exact) mass is 233 g/mol. The SMILES string of the molecule is C#CCNC(=NCc1cccc(F)c1)NCC. The van der Waals surface area contributed by atoms with Gasteiger partial charge in [-0.15, -0.1) is 6.42 Å². The number of nitrogens with zero attached hydrogens (tertiary/aromatic N) is 1. The van der Waals surface area contributed by atoms with Gasteiger partial charge < -0.3 is 10.6 Å². The number of halogens is 1. The summed E-state index contributed by atoms with van der Waals surface area (Å²) in [6, 6.07) is 6.38. The Hall–Kier alpha value is -2.02. The van der Waals surface area contributed by atoms with Crippen molar-refractivity contribution >= 4 is 5.96 Å². The van der Waals surface area contributed by atoms with Crippen LogP contribution >= 0.6 is 0 Å². The Morgan fingerprint density at radius 3 is 2.94 bits per heavy atom. The van der Waals surface area contributed by atoms with E-state index in [2.05, 4.69) is 21.5 Å². The van der Waals surface area contributed by atoms with E-state index in [1.54, 1.807) is 6.07 Å². The summed E-state index contributed by atoms with van der Waals surface area (Å²) in [6.45, 7) is 3.54. The molecule has 0 atom stereocenters. The molecule has 4 heteroatoms. The number of terminal acetylenes is 1. The number of hydrogen-bond acceptors (Lipinski definition) is 1. The third-order valence-electron chi connectivity index (χ3n) is 2.01. The van der Waals surface area contributed by atoms with E-state index in [4.69, 9.17) is 6.42 Å². The third kappa shape index (κ3) is 5.03. The van der Waals surface area contributed by atoms with Crippen LogP contribution in [0.15, 0.2) is 29.3 Å². The highest BCUT2D eigenvalue weighted by Gasteiger charge is 1.97. The molecule has 0 spiro atoms. The maximum absolute atomic E-state index is 12.9. The molecule has 0 saturated heterocycles. The van der Waals surface area contributed by atoms with Crippen molar-refractivity contribution < 1.29 is 4.39 Å². The highest BCUT2D eigenvalue weighted by Crippen LogP contribution is 2.04. The molecule has 2 N–H and O–H groups in total. The average molecular weight is 233 g/mol. The molecular weight excluding hydrogens is 217 g/mol. The van der Waals surface area contributed by atoms with Crippen molar-refractivity contribution in [3.8, 4) is 12.3 Å². The van der Waals surface area contributed by atoms with Gasteiger partial charge in [0.15, 0.2) is 5.96 Å². The van der Waals surface area contributed by atoms with Gasteiger partial charge in [-0.05, 0) is 24.6 Å². The van der Waals surface area contributed by atoms with Crippen LogP contribution in [0.4, 0.5) is 4.39 Å². The van der Waals surface area contributed by atoms with Crippen LogP contribution in [-0.4, -0.2) is 19.0 Å². The van der Waals surface area contributed by atoms with Crippen LogP contribution in [0, 0.1) is 18.2 Å². The van der Waals surface area contributed by atoms with Crippen LogP contribution in [0.5, 0.6) is 0 Å². The van der Waals surface area contributed by atoms with E-state index in [1.165, 1.54) is 12.1 Å². The first-order valence-corrected chi connectivity index (χ1v) is 5.46. The molecule has 0 unspecified atom stereocenters. The Labute approximate surface area is 101 Å². The molecule has 0 radical (unpaired) electrons. The van der Waals surface area contributed by atoms with Crippen LogP contribution < -0.4 is 10.6 Å². The molecule has 0 heterocycles. The number of guanidine groups is 1. The lowest BCUT2D eigenvalue weighted by Gasteiger charge is -2.08. The molecule has 0 saturated carbocycles. The zero-order valence-corrected chi connectivity index (χ0v) is 9.83. The Balaban J connectivity index is 2.62. The van der Waals surface area contributed by atoms with Gasteiger partial charge in [0.05, 0.1) is 13.1 Å². The summed E-state index contributed by atoms with van der Waals surface area (Å²) in [4.78, 5) is 4.29. The van der Waals surface area contributed by atoms with Crippen molar-refractivity contribution in [1.29, 1.82) is 0 Å². The Morgan fingerprint density at radius 2 is 2.29 bits per heavy atom. The molecular formula is C13H16FN3. The minimum atomic E-state index is -0.251. The van der Waals surface area contributed by atoms with Crippen molar-refractivity contribution in [3.05, 3.63) is 35.6 Å². The van der Waals surface area contributed by atoms with Gasteiger partial charge in [0, 0.05) is 6.54 Å². The van der Waals surface area contributed by atoms with Gasteiger partial charge in [-0.25, -0.2) is 9.38 Å². The predicted octanol–water partition coefficient (Wildman–Crippen LogP) is 1.51. The number of aliphatic imine (C=N–C) groups is 1. The number of hydrogen-bond donors (Lipinski definition) is 2. The summed E-state index contributed by atoms with van der Waals surface area (Å²) in [5.74, 6) is 2.86. The second-order valence-electron chi connectivity index (χ2n) is 3.38. The van der Waals surface area contributed by atoms with Gasteiger partial charge in [0.25, 0.3) is 0 Å². The van der Waals surface area contributed by atoms with Crippen molar-refractivity contribution in [3.63, 3.8) is 0 Å². The molecule has 17 heavy (non-hydrogen) atoms. The van der Waals surface area contributed by atoms with E-state index in [-0.39, 0.29) is 5.82 Å². The van der Waals surface area contributed by atoms with E-state index < -0.39 is 0 Å². The van der Waals surface area contributed by atoms with Gasteiger partial charge in [0.2, 0.25) is 0 Å². The van der Waals surface area contributed by atoms with Gasteiger partial charge in [-0.1, -0.05) is 18.1 Å². The summed E-state index contributed by atoms with van der Waals surface area (Å²) >= 11 is 0. The van der Waals surface area contributed by atoms with Crippen LogP contribution in [0.2, 0.25) is 0 Å². The Bertz CT molecular complexity index is 421. The van der Waals surface area contributed by atoms with Crippen LogP contribution in [0.25, 0.3) is 0 Å². The minimum absolute atomic E-state index is 0.251. The number of rotatable bonds is 4. The van der Waals surface area contributed by atoms with E-state index in [0.29, 0.717) is 19.0 Å². The molecule has 3 nitrogen and oxygen atoms in total. The fraction of sp³-hybridized carbons (Fsp3) is 0.308. The van der Waals surface area contributed by atoms with Gasteiger partial charge >= 0.3 is 0 Å². The quantitative estimate of drug-likeness (QED) is 0.470. The van der Waals surface area contributed by atoms with E-state index in [0.717, 1.165) is 12.1 Å². The first-order chi connectivity index (χ1) is 8.26. The van der Waals surface area contributed by atoms with Crippen LogP contribution in [-0.2, 0) is 6.54 Å². The predicted molar refractivity (Wildman–Crippen MR) is 68.1 cm³/mol. The molecule has 0 aliphatic rings. The summed E-state index contributed by atoms with van der Waals surface area (Å²) in [7, 11) is 0. The summed E-state index contributed by atoms with van der Waals surface area (Å²) in [5.41, 5.74) is 0.822. The fourth-order valence-electron chi connectivity index (χ4n) is 1.28. The normalized spacial score (nSPS) is 10.8. The molecule has 1 aromatic rings. The minimum Gasteiger partial charge on any atom is -0.357 e. The lowest BCUT2D eigenvalue weighted by Crippen LogP contribution is -2.37. The summed E-state index contributed by atoms with van der Waals surface area (Å²) < 4.78 is 12.9. The van der Waals surface area contributed by atoms with Crippen molar-refractivity contribution in [2.24, 2.45) is 4.99 Å². The molecule has 0 fully saturated rings. The lowest BCUT2D eigenvalue weighted by molar-refractivity contribution is 0.625. The molecule has 1 rings (SSSR count). The third-order valence-corrected chi connectivity index (χ3v) is 2.01. The summed E-state index contributed by atoms with van der Waals surface area (Å²) in [6.07, 6.45) is 5.16. The topological polar surface area (TPSA) is 36.4 Å². The second-order valence-corrected chi connectivity index (χ2v) is 3.38. The zero-order valence-electron chi connectivity index (χ0n) is 9.83.